The van der Waals surface area contributed by atoms with Gasteiger partial charge in [0, 0.05) is 16.2 Å². The molecule has 0 saturated carbocycles. The highest BCUT2D eigenvalue weighted by Crippen LogP contribution is 2.34. The summed E-state index contributed by atoms with van der Waals surface area (Å²) >= 11 is 0. The van der Waals surface area contributed by atoms with Crippen LogP contribution < -0.4 is 4.52 Å². The Balaban J connectivity index is 1.94. The van der Waals surface area contributed by atoms with Crippen molar-refractivity contribution in [3.63, 3.8) is 0 Å². The highest BCUT2D eigenvalue weighted by molar-refractivity contribution is 7.33. The summed E-state index contributed by atoms with van der Waals surface area (Å²) < 4.78 is 21.3. The zero-order valence-electron chi connectivity index (χ0n) is 11.2. The number of ketones is 1. The average Bonchev–Trinajstić information content (AvgIpc) is 2.53. The summed E-state index contributed by atoms with van der Waals surface area (Å²) in [6, 6.07) is 13.8. The summed E-state index contributed by atoms with van der Waals surface area (Å²) in [7, 11) is -2.70. The second-order valence-electron chi connectivity index (χ2n) is 4.10. The minimum absolute atomic E-state index is 0.180. The zero-order chi connectivity index (χ0) is 15.9. The molecule has 0 spiro atoms. The number of carbonyl (C=O) groups excluding carboxylic acids is 1. The van der Waals surface area contributed by atoms with Gasteiger partial charge in [0.2, 0.25) is 0 Å². The van der Waals surface area contributed by atoms with Gasteiger partial charge in [-0.2, -0.15) is 0 Å². The van der Waals surface area contributed by atoms with E-state index in [0.717, 1.165) is 0 Å². The molecule has 7 nitrogen and oxygen atoms in total. The van der Waals surface area contributed by atoms with Crippen LogP contribution in [-0.2, 0) is 9.09 Å². The van der Waals surface area contributed by atoms with Crippen molar-refractivity contribution in [3.8, 4) is 5.75 Å². The molecule has 0 amide bonds. The fourth-order valence-electron chi connectivity index (χ4n) is 1.61. The molecule has 1 unspecified atom stereocenters. The van der Waals surface area contributed by atoms with Crippen LogP contribution >= 0.6 is 8.25 Å². The van der Waals surface area contributed by atoms with Crippen molar-refractivity contribution < 1.29 is 23.3 Å². The molecule has 2 aromatic rings. The number of nitro groups is 1. The summed E-state index contributed by atoms with van der Waals surface area (Å²) in [5.74, 6) is -0.545. The van der Waals surface area contributed by atoms with Gasteiger partial charge in [-0.25, -0.2) is 4.52 Å². The lowest BCUT2D eigenvalue weighted by Gasteiger charge is -1.97. The predicted molar refractivity (Wildman–Crippen MR) is 78.1 cm³/mol. The fourth-order valence-corrected chi connectivity index (χ4v) is 2.20. The molecule has 0 N–H and O–H groups in total. The molecule has 0 heterocycles. The van der Waals surface area contributed by atoms with E-state index in [2.05, 4.69) is 0 Å². The molecule has 112 valence electrons. The van der Waals surface area contributed by atoms with E-state index in [0.29, 0.717) is 5.56 Å². The van der Waals surface area contributed by atoms with Gasteiger partial charge in [0.05, 0.1) is 4.92 Å². The molecule has 22 heavy (non-hydrogen) atoms. The van der Waals surface area contributed by atoms with Crippen LogP contribution in [0.25, 0.3) is 0 Å². The number of hydrogen-bond donors (Lipinski definition) is 0. The van der Waals surface area contributed by atoms with Crippen molar-refractivity contribution in [3.05, 3.63) is 70.3 Å². The molecule has 0 aliphatic rings. The minimum atomic E-state index is -2.70. The molecule has 1 atom stereocenters. The van der Waals surface area contributed by atoms with Crippen molar-refractivity contribution in [2.24, 2.45) is 0 Å². The molecular weight excluding hydrogens is 309 g/mol. The van der Waals surface area contributed by atoms with Crippen LogP contribution in [0.15, 0.2) is 54.6 Å². The zero-order valence-corrected chi connectivity index (χ0v) is 12.1. The van der Waals surface area contributed by atoms with Crippen LogP contribution in [0.5, 0.6) is 5.75 Å². The molecule has 0 saturated heterocycles. The number of nitrogens with zero attached hydrogens (tertiary/aromatic N) is 1. The molecular formula is C14H11NO6P+. The minimum Gasteiger partial charge on any atom is -0.291 e. The molecule has 8 heteroatoms. The van der Waals surface area contributed by atoms with Gasteiger partial charge >= 0.3 is 13.9 Å². The number of rotatable bonds is 7. The normalized spacial score (nSPS) is 10.8. The average molecular weight is 320 g/mol. The molecule has 0 fully saturated rings. The van der Waals surface area contributed by atoms with E-state index in [-0.39, 0.29) is 17.2 Å². The topological polar surface area (TPSA) is 95.7 Å². The largest absolute Gasteiger partial charge is 0.750 e. The van der Waals surface area contributed by atoms with Gasteiger partial charge in [0.25, 0.3) is 5.75 Å². The Morgan fingerprint density at radius 2 is 1.73 bits per heavy atom. The summed E-state index contributed by atoms with van der Waals surface area (Å²) in [5, 5.41) is 10.8. The van der Waals surface area contributed by atoms with E-state index in [4.69, 9.17) is 9.05 Å². The second kappa shape index (κ2) is 7.40. The third-order valence-corrected chi connectivity index (χ3v) is 3.32. The van der Waals surface area contributed by atoms with Crippen LogP contribution in [0.4, 0.5) is 5.69 Å². The van der Waals surface area contributed by atoms with Crippen LogP contribution in [0.3, 0.4) is 0 Å². The van der Waals surface area contributed by atoms with Crippen molar-refractivity contribution in [2.45, 2.75) is 0 Å². The standard InChI is InChI=1S/C14H11NO6P/c16-13(11-6-2-1-3-7-11)10-20-22(19)21-14-9-5-4-8-12(14)15(17)18/h1-9H,10H2/q+1. The lowest BCUT2D eigenvalue weighted by Crippen LogP contribution is -2.06. The number of carbonyl (C=O) groups is 1. The molecule has 2 rings (SSSR count). The van der Waals surface area contributed by atoms with Crippen LogP contribution in [0.1, 0.15) is 10.4 Å². The number of hydrogen-bond acceptors (Lipinski definition) is 6. The van der Waals surface area contributed by atoms with E-state index < -0.39 is 19.8 Å². The van der Waals surface area contributed by atoms with Gasteiger partial charge in [-0.1, -0.05) is 42.5 Å². The Labute approximate surface area is 126 Å². The van der Waals surface area contributed by atoms with Crippen LogP contribution in [0, 0.1) is 10.1 Å². The quantitative estimate of drug-likeness (QED) is 0.335. The van der Waals surface area contributed by atoms with E-state index in [1.54, 1.807) is 30.3 Å². The van der Waals surface area contributed by atoms with Gasteiger partial charge in [0.1, 0.15) is 0 Å². The maximum Gasteiger partial charge on any atom is 0.750 e. The molecule has 2 aromatic carbocycles. The number of nitro benzene ring substituents is 1. The lowest BCUT2D eigenvalue weighted by molar-refractivity contribution is -0.385. The maximum absolute atomic E-state index is 11.8. The smallest absolute Gasteiger partial charge is 0.291 e. The Bertz CT molecular complexity index is 703. The molecule has 0 aliphatic carbocycles. The fraction of sp³-hybridized carbons (Fsp3) is 0.0714. The summed E-state index contributed by atoms with van der Waals surface area (Å²) in [6.07, 6.45) is 0. The van der Waals surface area contributed by atoms with Gasteiger partial charge < -0.3 is 0 Å². The van der Waals surface area contributed by atoms with E-state index >= 15 is 0 Å². The van der Waals surface area contributed by atoms with Crippen molar-refractivity contribution in [1.29, 1.82) is 0 Å². The Morgan fingerprint density at radius 3 is 2.41 bits per heavy atom. The number of para-hydroxylation sites is 2. The Morgan fingerprint density at radius 1 is 1.09 bits per heavy atom. The maximum atomic E-state index is 11.8. The second-order valence-corrected chi connectivity index (χ2v) is 4.99. The highest BCUT2D eigenvalue weighted by atomic mass is 31.1. The van der Waals surface area contributed by atoms with E-state index in [1.165, 1.54) is 24.3 Å². The molecule has 0 radical (unpaired) electrons. The third kappa shape index (κ3) is 4.18. The monoisotopic (exact) mass is 320 g/mol. The van der Waals surface area contributed by atoms with Gasteiger partial charge in [-0.15, -0.1) is 4.52 Å². The van der Waals surface area contributed by atoms with Gasteiger partial charge in [0.15, 0.2) is 12.4 Å². The van der Waals surface area contributed by atoms with Crippen LogP contribution in [-0.4, -0.2) is 17.3 Å². The summed E-state index contributed by atoms with van der Waals surface area (Å²) in [4.78, 5) is 21.9. The molecule has 0 bridgehead atoms. The van der Waals surface area contributed by atoms with Crippen molar-refractivity contribution >= 4 is 19.7 Å². The SMILES string of the molecule is O=C(CO[P+](=O)Oc1ccccc1[N+](=O)[O-])c1ccccc1. The third-order valence-electron chi connectivity index (χ3n) is 2.63. The first-order valence-corrected chi connectivity index (χ1v) is 7.27. The Hall–Kier alpha value is -2.63. The number of Topliss-reactive ketones (excluding diaryl/α,β-unsaturated/α-hetero) is 1. The van der Waals surface area contributed by atoms with Crippen molar-refractivity contribution in [1.82, 2.24) is 0 Å². The summed E-state index contributed by atoms with van der Waals surface area (Å²) in [5.41, 5.74) is 0.0837. The first-order chi connectivity index (χ1) is 10.6. The Kier molecular flexibility index (Phi) is 5.30. The van der Waals surface area contributed by atoms with Crippen molar-refractivity contribution in [2.75, 3.05) is 6.61 Å². The van der Waals surface area contributed by atoms with E-state index in [9.17, 15) is 19.5 Å². The van der Waals surface area contributed by atoms with E-state index in [1.807, 2.05) is 0 Å². The first-order valence-electron chi connectivity index (χ1n) is 6.17. The van der Waals surface area contributed by atoms with Gasteiger partial charge in [-0.05, 0) is 6.07 Å². The predicted octanol–water partition coefficient (Wildman–Crippen LogP) is 3.53. The lowest BCUT2D eigenvalue weighted by atomic mass is 10.1. The molecule has 0 aromatic heterocycles. The summed E-state index contributed by atoms with van der Waals surface area (Å²) in [6.45, 7) is -0.445. The van der Waals surface area contributed by atoms with Crippen LogP contribution in [0.2, 0.25) is 0 Å². The van der Waals surface area contributed by atoms with Gasteiger partial charge in [-0.3, -0.25) is 14.9 Å². The highest BCUT2D eigenvalue weighted by Gasteiger charge is 2.29. The first kappa shape index (κ1) is 15.8. The number of benzene rings is 2. The molecule has 0 aliphatic heterocycles.